The minimum Gasteiger partial charge on any atom is -0.466 e. The summed E-state index contributed by atoms with van der Waals surface area (Å²) in [5.74, 6) is 0.330. The molecule has 1 aromatic rings. The lowest BCUT2D eigenvalue weighted by Crippen LogP contribution is -2.11. The van der Waals surface area contributed by atoms with E-state index in [1.807, 2.05) is 12.1 Å². The summed E-state index contributed by atoms with van der Waals surface area (Å²) in [7, 11) is 0. The first-order valence-corrected chi connectivity index (χ1v) is 6.57. The second-order valence-electron chi connectivity index (χ2n) is 3.36. The summed E-state index contributed by atoms with van der Waals surface area (Å²) in [5, 5.41) is 0. The molecule has 0 saturated heterocycles. The van der Waals surface area contributed by atoms with E-state index in [4.69, 9.17) is 4.74 Å². The van der Waals surface area contributed by atoms with Crippen molar-refractivity contribution in [3.05, 3.63) is 29.8 Å². The largest absolute Gasteiger partial charge is 0.466 e. The van der Waals surface area contributed by atoms with Crippen molar-refractivity contribution in [3.8, 4) is 0 Å². The van der Waals surface area contributed by atoms with Gasteiger partial charge in [-0.1, -0.05) is 19.1 Å². The average molecular weight is 252 g/mol. The predicted octanol–water partition coefficient (Wildman–Crippen LogP) is 2.93. The third-order valence-corrected chi connectivity index (χ3v) is 2.99. The van der Waals surface area contributed by atoms with Crippen LogP contribution in [0.2, 0.25) is 0 Å². The molecule has 0 aromatic heterocycles. The molecule has 0 aliphatic heterocycles. The number of carbonyl (C=O) groups is 2. The Bertz CT molecular complexity index is 384. The Kier molecular flexibility index (Phi) is 5.77. The number of rotatable bonds is 6. The first-order chi connectivity index (χ1) is 8.17. The van der Waals surface area contributed by atoms with Crippen LogP contribution >= 0.6 is 11.8 Å². The molecule has 0 heterocycles. The first kappa shape index (κ1) is 13.8. The molecule has 17 heavy (non-hydrogen) atoms. The van der Waals surface area contributed by atoms with E-state index < -0.39 is 5.97 Å². The SMILES string of the molecule is CCOC(=O)CC(=O)c1ccc(SCC)cc1. The molecular weight excluding hydrogens is 236 g/mol. The lowest BCUT2D eigenvalue weighted by molar-refractivity contribution is -0.141. The molecule has 0 bridgehead atoms. The number of hydrogen-bond acceptors (Lipinski definition) is 4. The van der Waals surface area contributed by atoms with Crippen LogP contribution in [0.1, 0.15) is 30.6 Å². The lowest BCUT2D eigenvalue weighted by atomic mass is 10.1. The van der Waals surface area contributed by atoms with Crippen molar-refractivity contribution >= 4 is 23.5 Å². The van der Waals surface area contributed by atoms with Crippen LogP contribution < -0.4 is 0 Å². The van der Waals surface area contributed by atoms with E-state index in [0.717, 1.165) is 10.6 Å². The zero-order valence-corrected chi connectivity index (χ0v) is 10.9. The fourth-order valence-corrected chi connectivity index (χ4v) is 2.01. The Hall–Kier alpha value is -1.29. The van der Waals surface area contributed by atoms with Crippen molar-refractivity contribution in [2.75, 3.05) is 12.4 Å². The maximum absolute atomic E-state index is 11.7. The summed E-state index contributed by atoms with van der Waals surface area (Å²) in [5.41, 5.74) is 0.554. The highest BCUT2D eigenvalue weighted by atomic mass is 32.2. The smallest absolute Gasteiger partial charge is 0.313 e. The third-order valence-electron chi connectivity index (χ3n) is 2.10. The number of carbonyl (C=O) groups excluding carboxylic acids is 2. The van der Waals surface area contributed by atoms with Crippen LogP contribution in [0, 0.1) is 0 Å². The van der Waals surface area contributed by atoms with E-state index >= 15 is 0 Å². The van der Waals surface area contributed by atoms with E-state index in [0.29, 0.717) is 12.2 Å². The van der Waals surface area contributed by atoms with Crippen LogP contribution in [0.15, 0.2) is 29.2 Å². The minimum atomic E-state index is -0.468. The normalized spacial score (nSPS) is 10.0. The molecule has 0 saturated carbocycles. The molecule has 3 nitrogen and oxygen atoms in total. The van der Waals surface area contributed by atoms with Gasteiger partial charge in [-0.25, -0.2) is 0 Å². The highest BCUT2D eigenvalue weighted by Gasteiger charge is 2.12. The molecular formula is C13H16O3S. The summed E-state index contributed by atoms with van der Waals surface area (Å²) in [6.07, 6.45) is -0.186. The van der Waals surface area contributed by atoms with Crippen molar-refractivity contribution in [1.29, 1.82) is 0 Å². The zero-order chi connectivity index (χ0) is 12.7. The summed E-state index contributed by atoms with van der Waals surface area (Å²) in [4.78, 5) is 24.0. The number of benzene rings is 1. The van der Waals surface area contributed by atoms with Gasteiger partial charge in [0.1, 0.15) is 6.42 Å². The molecule has 4 heteroatoms. The molecule has 0 spiro atoms. The van der Waals surface area contributed by atoms with Crippen LogP contribution in [0.4, 0.5) is 0 Å². The monoisotopic (exact) mass is 252 g/mol. The average Bonchev–Trinajstić information content (AvgIpc) is 2.30. The summed E-state index contributed by atoms with van der Waals surface area (Å²) in [6.45, 7) is 4.10. The number of esters is 1. The molecule has 92 valence electrons. The molecule has 0 atom stereocenters. The van der Waals surface area contributed by atoms with E-state index in [2.05, 4.69) is 6.92 Å². The number of thioether (sulfide) groups is 1. The van der Waals surface area contributed by atoms with Gasteiger partial charge in [0.25, 0.3) is 0 Å². The van der Waals surface area contributed by atoms with Gasteiger partial charge in [0, 0.05) is 10.5 Å². The second kappa shape index (κ2) is 7.12. The second-order valence-corrected chi connectivity index (χ2v) is 4.70. The molecule has 1 rings (SSSR count). The molecule has 0 radical (unpaired) electrons. The van der Waals surface area contributed by atoms with Crippen molar-refractivity contribution in [1.82, 2.24) is 0 Å². The fourth-order valence-electron chi connectivity index (χ4n) is 1.35. The molecule has 0 amide bonds. The van der Waals surface area contributed by atoms with Gasteiger partial charge in [-0.05, 0) is 24.8 Å². The first-order valence-electron chi connectivity index (χ1n) is 5.59. The molecule has 0 aliphatic carbocycles. The van der Waals surface area contributed by atoms with Crippen LogP contribution in [-0.2, 0) is 9.53 Å². The highest BCUT2D eigenvalue weighted by Crippen LogP contribution is 2.18. The number of Topliss-reactive ketones (excluding diaryl/α,β-unsaturated/α-hetero) is 1. The van der Waals surface area contributed by atoms with Gasteiger partial charge in [-0.15, -0.1) is 11.8 Å². The number of ether oxygens (including phenoxy) is 1. The van der Waals surface area contributed by atoms with Gasteiger partial charge in [0.05, 0.1) is 6.61 Å². The standard InChI is InChI=1S/C13H16O3S/c1-3-16-13(15)9-12(14)10-5-7-11(8-6-10)17-4-2/h5-8H,3-4,9H2,1-2H3. The van der Waals surface area contributed by atoms with Gasteiger partial charge in [0.2, 0.25) is 0 Å². The molecule has 0 unspecified atom stereocenters. The summed E-state index contributed by atoms with van der Waals surface area (Å²) < 4.78 is 4.73. The maximum atomic E-state index is 11.7. The van der Waals surface area contributed by atoms with Crippen molar-refractivity contribution in [2.24, 2.45) is 0 Å². The fraction of sp³-hybridized carbons (Fsp3) is 0.385. The third kappa shape index (κ3) is 4.61. The van der Waals surface area contributed by atoms with Crippen molar-refractivity contribution in [2.45, 2.75) is 25.2 Å². The Morgan fingerprint density at radius 1 is 1.18 bits per heavy atom. The molecule has 0 aliphatic rings. The van der Waals surface area contributed by atoms with Gasteiger partial charge in [-0.2, -0.15) is 0 Å². The quantitative estimate of drug-likeness (QED) is 0.338. The molecule has 0 N–H and O–H groups in total. The van der Waals surface area contributed by atoms with Gasteiger partial charge >= 0.3 is 5.97 Å². The predicted molar refractivity (Wildman–Crippen MR) is 68.4 cm³/mol. The number of ketones is 1. The van der Waals surface area contributed by atoms with Crippen molar-refractivity contribution in [3.63, 3.8) is 0 Å². The van der Waals surface area contributed by atoms with Crippen LogP contribution in [0.5, 0.6) is 0 Å². The lowest BCUT2D eigenvalue weighted by Gasteiger charge is -2.03. The van der Waals surface area contributed by atoms with E-state index in [9.17, 15) is 9.59 Å². The van der Waals surface area contributed by atoms with Gasteiger partial charge < -0.3 is 4.74 Å². The van der Waals surface area contributed by atoms with E-state index in [1.54, 1.807) is 30.8 Å². The Morgan fingerprint density at radius 2 is 1.82 bits per heavy atom. The number of hydrogen-bond donors (Lipinski definition) is 0. The maximum Gasteiger partial charge on any atom is 0.313 e. The highest BCUT2D eigenvalue weighted by molar-refractivity contribution is 7.99. The molecule has 1 aromatic carbocycles. The van der Waals surface area contributed by atoms with Gasteiger partial charge in [0.15, 0.2) is 5.78 Å². The zero-order valence-electron chi connectivity index (χ0n) is 10.1. The van der Waals surface area contributed by atoms with Crippen molar-refractivity contribution < 1.29 is 14.3 Å². The summed E-state index contributed by atoms with van der Waals surface area (Å²) >= 11 is 1.71. The molecule has 0 fully saturated rings. The van der Waals surface area contributed by atoms with Crippen LogP contribution in [0.3, 0.4) is 0 Å². The van der Waals surface area contributed by atoms with Gasteiger partial charge in [-0.3, -0.25) is 9.59 Å². The summed E-state index contributed by atoms with van der Waals surface area (Å²) in [6, 6.07) is 7.29. The van der Waals surface area contributed by atoms with E-state index in [-0.39, 0.29) is 12.2 Å². The van der Waals surface area contributed by atoms with E-state index in [1.165, 1.54) is 0 Å². The Labute approximate surface area is 106 Å². The van der Waals surface area contributed by atoms with Crippen LogP contribution in [0.25, 0.3) is 0 Å². The van der Waals surface area contributed by atoms with Crippen LogP contribution in [-0.4, -0.2) is 24.1 Å². The topological polar surface area (TPSA) is 43.4 Å². The Balaban J connectivity index is 2.60. The Morgan fingerprint density at radius 3 is 2.35 bits per heavy atom. The minimum absolute atomic E-state index is 0.186.